The zero-order valence-corrected chi connectivity index (χ0v) is 10.3. The fraction of sp³-hybridized carbons (Fsp3) is 0.833. The molecule has 0 spiro atoms. The van der Waals surface area contributed by atoms with Crippen molar-refractivity contribution in [2.75, 3.05) is 12.3 Å². The molecule has 0 aromatic rings. The maximum absolute atomic E-state index is 3.86. The summed E-state index contributed by atoms with van der Waals surface area (Å²) in [7, 11) is 0. The van der Waals surface area contributed by atoms with E-state index in [1.807, 2.05) is 0 Å². The molecule has 14 heavy (non-hydrogen) atoms. The normalized spacial score (nSPS) is 29.0. The molecule has 1 N–H and O–H groups in total. The molecule has 1 nitrogen and oxygen atoms in total. The van der Waals surface area contributed by atoms with Gasteiger partial charge in [-0.1, -0.05) is 13.0 Å². The minimum atomic E-state index is 0.448. The molecule has 2 heteroatoms. The van der Waals surface area contributed by atoms with Gasteiger partial charge in [-0.15, -0.1) is 6.58 Å². The molecule has 2 unspecified atom stereocenters. The molecule has 0 bridgehead atoms. The highest BCUT2D eigenvalue weighted by molar-refractivity contribution is 8.00. The number of hydrogen-bond acceptors (Lipinski definition) is 2. The SMILES string of the molecule is C=CCC(NCCC)C1(C)CCCS1. The fourth-order valence-corrected chi connectivity index (χ4v) is 3.53. The van der Waals surface area contributed by atoms with E-state index < -0.39 is 0 Å². The summed E-state index contributed by atoms with van der Waals surface area (Å²) in [6.07, 6.45) is 7.10. The van der Waals surface area contributed by atoms with E-state index in [9.17, 15) is 0 Å². The molecular formula is C12H23NS. The summed E-state index contributed by atoms with van der Waals surface area (Å²) in [4.78, 5) is 0. The highest BCUT2D eigenvalue weighted by atomic mass is 32.2. The van der Waals surface area contributed by atoms with Gasteiger partial charge in [0.05, 0.1) is 0 Å². The summed E-state index contributed by atoms with van der Waals surface area (Å²) in [6.45, 7) is 9.62. The fourth-order valence-electron chi connectivity index (χ4n) is 2.11. The van der Waals surface area contributed by atoms with Gasteiger partial charge in [0.15, 0.2) is 0 Å². The monoisotopic (exact) mass is 213 g/mol. The second-order valence-corrected chi connectivity index (χ2v) is 5.93. The first-order valence-electron chi connectivity index (χ1n) is 5.71. The van der Waals surface area contributed by atoms with Gasteiger partial charge in [0, 0.05) is 10.8 Å². The van der Waals surface area contributed by atoms with Crippen LogP contribution in [-0.4, -0.2) is 23.1 Å². The summed E-state index contributed by atoms with van der Waals surface area (Å²) in [6, 6.07) is 0.618. The molecule has 0 amide bonds. The van der Waals surface area contributed by atoms with Crippen LogP contribution in [0.25, 0.3) is 0 Å². The van der Waals surface area contributed by atoms with Crippen LogP contribution in [0.5, 0.6) is 0 Å². The van der Waals surface area contributed by atoms with E-state index >= 15 is 0 Å². The molecule has 0 aromatic heterocycles. The van der Waals surface area contributed by atoms with Gasteiger partial charge in [-0.2, -0.15) is 11.8 Å². The average Bonchev–Trinajstić information content (AvgIpc) is 2.60. The molecule has 1 aliphatic heterocycles. The predicted molar refractivity (Wildman–Crippen MR) is 67.0 cm³/mol. The Labute approximate surface area is 92.7 Å². The van der Waals surface area contributed by atoms with Crippen LogP contribution < -0.4 is 5.32 Å². The number of hydrogen-bond donors (Lipinski definition) is 1. The molecule has 1 rings (SSSR count). The molecule has 0 radical (unpaired) electrons. The minimum absolute atomic E-state index is 0.448. The van der Waals surface area contributed by atoms with E-state index in [1.54, 1.807) is 0 Å². The van der Waals surface area contributed by atoms with Crippen molar-refractivity contribution in [2.24, 2.45) is 0 Å². The summed E-state index contributed by atoms with van der Waals surface area (Å²) in [5, 5.41) is 3.66. The van der Waals surface area contributed by atoms with Crippen molar-refractivity contribution in [1.82, 2.24) is 5.32 Å². The Kier molecular flexibility index (Phi) is 5.04. The molecule has 0 aromatic carbocycles. The van der Waals surface area contributed by atoms with Crippen molar-refractivity contribution in [1.29, 1.82) is 0 Å². The first-order valence-corrected chi connectivity index (χ1v) is 6.69. The van der Waals surface area contributed by atoms with E-state index in [1.165, 1.54) is 25.0 Å². The lowest BCUT2D eigenvalue weighted by molar-refractivity contribution is 0.404. The maximum Gasteiger partial charge on any atom is 0.0288 e. The first-order chi connectivity index (χ1) is 6.73. The Morgan fingerprint density at radius 3 is 2.93 bits per heavy atom. The molecule has 1 aliphatic rings. The third kappa shape index (κ3) is 3.03. The van der Waals surface area contributed by atoms with Crippen molar-refractivity contribution in [3.8, 4) is 0 Å². The Bertz CT molecular complexity index is 173. The highest BCUT2D eigenvalue weighted by Crippen LogP contribution is 2.41. The minimum Gasteiger partial charge on any atom is -0.312 e. The van der Waals surface area contributed by atoms with Crippen molar-refractivity contribution < 1.29 is 0 Å². The predicted octanol–water partition coefficient (Wildman–Crippen LogP) is 3.22. The van der Waals surface area contributed by atoms with Crippen LogP contribution in [0.1, 0.15) is 39.5 Å². The Morgan fingerprint density at radius 2 is 2.43 bits per heavy atom. The third-order valence-electron chi connectivity index (χ3n) is 3.03. The Morgan fingerprint density at radius 1 is 1.64 bits per heavy atom. The maximum atomic E-state index is 3.86. The molecule has 1 fully saturated rings. The molecule has 2 atom stereocenters. The van der Waals surface area contributed by atoms with E-state index in [0.29, 0.717) is 10.8 Å². The first kappa shape index (κ1) is 12.1. The van der Waals surface area contributed by atoms with Crippen LogP contribution in [0.15, 0.2) is 12.7 Å². The number of rotatable bonds is 6. The summed E-state index contributed by atoms with van der Waals surface area (Å²) < 4.78 is 0.448. The van der Waals surface area contributed by atoms with Gasteiger partial charge in [-0.25, -0.2) is 0 Å². The molecule has 0 aliphatic carbocycles. The van der Waals surface area contributed by atoms with Crippen molar-refractivity contribution in [2.45, 2.75) is 50.3 Å². The molecule has 82 valence electrons. The van der Waals surface area contributed by atoms with Crippen LogP contribution in [0, 0.1) is 0 Å². The quantitative estimate of drug-likeness (QED) is 0.680. The second-order valence-electron chi connectivity index (χ2n) is 4.30. The second kappa shape index (κ2) is 5.82. The summed E-state index contributed by atoms with van der Waals surface area (Å²) in [5.74, 6) is 1.33. The lowest BCUT2D eigenvalue weighted by atomic mass is 9.93. The van der Waals surface area contributed by atoms with Crippen LogP contribution in [0.2, 0.25) is 0 Å². The largest absolute Gasteiger partial charge is 0.312 e. The summed E-state index contributed by atoms with van der Waals surface area (Å²) in [5.41, 5.74) is 0. The molecule has 0 saturated carbocycles. The summed E-state index contributed by atoms with van der Waals surface area (Å²) >= 11 is 2.13. The zero-order chi connectivity index (χ0) is 10.4. The van der Waals surface area contributed by atoms with Gasteiger partial charge in [-0.05, 0) is 44.9 Å². The van der Waals surface area contributed by atoms with Crippen LogP contribution in [0.3, 0.4) is 0 Å². The van der Waals surface area contributed by atoms with Crippen molar-refractivity contribution in [3.63, 3.8) is 0 Å². The van der Waals surface area contributed by atoms with Gasteiger partial charge in [0.25, 0.3) is 0 Å². The topological polar surface area (TPSA) is 12.0 Å². The number of thioether (sulfide) groups is 1. The molecular weight excluding hydrogens is 190 g/mol. The lowest BCUT2D eigenvalue weighted by Gasteiger charge is -2.33. The van der Waals surface area contributed by atoms with Crippen LogP contribution in [-0.2, 0) is 0 Å². The van der Waals surface area contributed by atoms with Crippen molar-refractivity contribution in [3.05, 3.63) is 12.7 Å². The average molecular weight is 213 g/mol. The van der Waals surface area contributed by atoms with E-state index in [4.69, 9.17) is 0 Å². The van der Waals surface area contributed by atoms with Crippen molar-refractivity contribution >= 4 is 11.8 Å². The Balaban J connectivity index is 2.50. The van der Waals surface area contributed by atoms with Crippen LogP contribution in [0.4, 0.5) is 0 Å². The third-order valence-corrected chi connectivity index (χ3v) is 4.67. The Hall–Kier alpha value is 0.0500. The van der Waals surface area contributed by atoms with Gasteiger partial charge in [-0.3, -0.25) is 0 Å². The smallest absolute Gasteiger partial charge is 0.0288 e. The van der Waals surface area contributed by atoms with Gasteiger partial charge < -0.3 is 5.32 Å². The lowest BCUT2D eigenvalue weighted by Crippen LogP contribution is -2.45. The highest BCUT2D eigenvalue weighted by Gasteiger charge is 2.36. The molecule has 1 heterocycles. The molecule has 1 saturated heterocycles. The van der Waals surface area contributed by atoms with Crippen LogP contribution >= 0.6 is 11.8 Å². The number of nitrogens with one attached hydrogen (secondary N) is 1. The van der Waals surface area contributed by atoms with E-state index in [-0.39, 0.29) is 0 Å². The standard InChI is InChI=1S/C12H23NS/c1-4-7-11(13-9-5-2)12(3)8-6-10-14-12/h4,11,13H,1,5-10H2,2-3H3. The van der Waals surface area contributed by atoms with Gasteiger partial charge in [0.2, 0.25) is 0 Å². The van der Waals surface area contributed by atoms with E-state index in [0.717, 1.165) is 13.0 Å². The zero-order valence-electron chi connectivity index (χ0n) is 9.51. The van der Waals surface area contributed by atoms with E-state index in [2.05, 4.69) is 43.6 Å². The van der Waals surface area contributed by atoms with Gasteiger partial charge >= 0.3 is 0 Å². The van der Waals surface area contributed by atoms with Gasteiger partial charge in [0.1, 0.15) is 0 Å².